The quantitative estimate of drug-likeness (QED) is 0.880. The maximum Gasteiger partial charge on any atom is 0.203 e. The normalized spacial score (nSPS) is 13.9. The third-order valence-corrected chi connectivity index (χ3v) is 4.21. The molecule has 1 heterocycles. The van der Waals surface area contributed by atoms with E-state index < -0.39 is 0 Å². The van der Waals surface area contributed by atoms with E-state index in [0.29, 0.717) is 23.2 Å². The second kappa shape index (κ2) is 5.81. The van der Waals surface area contributed by atoms with Crippen LogP contribution in [0.4, 0.5) is 10.8 Å². The van der Waals surface area contributed by atoms with Gasteiger partial charge in [-0.15, -0.1) is 11.3 Å². The van der Waals surface area contributed by atoms with E-state index in [1.165, 1.54) is 18.5 Å². The average molecular weight is 306 g/mol. The summed E-state index contributed by atoms with van der Waals surface area (Å²) in [4.78, 5) is 4.62. The lowest BCUT2D eigenvalue weighted by Gasteiger charge is -2.14. The van der Waals surface area contributed by atoms with Crippen LogP contribution in [0.3, 0.4) is 0 Å². The van der Waals surface area contributed by atoms with Crippen molar-refractivity contribution >= 4 is 22.2 Å². The summed E-state index contributed by atoms with van der Waals surface area (Å²) in [6, 6.07) is 3.75. The Hall–Kier alpha value is -1.95. The highest BCUT2D eigenvalue weighted by Crippen LogP contribution is 2.43. The lowest BCUT2D eigenvalue weighted by Crippen LogP contribution is -1.97. The van der Waals surface area contributed by atoms with Crippen molar-refractivity contribution in [3.05, 3.63) is 23.2 Å². The third-order valence-electron chi connectivity index (χ3n) is 3.43. The van der Waals surface area contributed by atoms with Crippen LogP contribution < -0.4 is 19.5 Å². The predicted molar refractivity (Wildman–Crippen MR) is 83.5 cm³/mol. The van der Waals surface area contributed by atoms with Gasteiger partial charge in [0.15, 0.2) is 16.6 Å². The molecule has 0 atom stereocenters. The fourth-order valence-electron chi connectivity index (χ4n) is 2.19. The van der Waals surface area contributed by atoms with Crippen LogP contribution in [0.1, 0.15) is 24.5 Å². The van der Waals surface area contributed by atoms with Crippen molar-refractivity contribution < 1.29 is 14.2 Å². The molecule has 6 heteroatoms. The molecule has 3 rings (SSSR count). The number of rotatable bonds is 6. The minimum absolute atomic E-state index is 0.586. The van der Waals surface area contributed by atoms with Gasteiger partial charge in [0.25, 0.3) is 0 Å². The van der Waals surface area contributed by atoms with Crippen LogP contribution in [0.15, 0.2) is 17.5 Å². The first kappa shape index (κ1) is 14.0. The predicted octanol–water partition coefficient (Wildman–Crippen LogP) is 3.79. The molecule has 5 nitrogen and oxygen atoms in total. The number of ether oxygens (including phenoxy) is 3. The lowest BCUT2D eigenvalue weighted by molar-refractivity contribution is 0.324. The fraction of sp³-hybridized carbons (Fsp3) is 0.400. The van der Waals surface area contributed by atoms with E-state index in [0.717, 1.165) is 10.8 Å². The van der Waals surface area contributed by atoms with Crippen LogP contribution in [-0.4, -0.2) is 26.3 Å². The smallest absolute Gasteiger partial charge is 0.203 e. The average Bonchev–Trinajstić information content (AvgIpc) is 3.26. The Bertz CT molecular complexity index is 613. The molecule has 1 N–H and O–H groups in total. The molecule has 1 aliphatic rings. The fourth-order valence-corrected chi connectivity index (χ4v) is 3.00. The van der Waals surface area contributed by atoms with Crippen molar-refractivity contribution in [3.8, 4) is 17.2 Å². The summed E-state index contributed by atoms with van der Waals surface area (Å²) in [5, 5.41) is 6.30. The zero-order valence-corrected chi connectivity index (χ0v) is 13.1. The number of methoxy groups -OCH3 is 3. The number of hydrogen-bond donors (Lipinski definition) is 1. The van der Waals surface area contributed by atoms with E-state index >= 15 is 0 Å². The zero-order valence-electron chi connectivity index (χ0n) is 12.3. The highest BCUT2D eigenvalue weighted by molar-refractivity contribution is 7.13. The Morgan fingerprint density at radius 3 is 2.29 bits per heavy atom. The first-order valence-electron chi connectivity index (χ1n) is 6.77. The maximum absolute atomic E-state index is 5.35. The van der Waals surface area contributed by atoms with Gasteiger partial charge in [-0.25, -0.2) is 4.98 Å². The van der Waals surface area contributed by atoms with Crippen molar-refractivity contribution in [3.63, 3.8) is 0 Å². The standard InChI is InChI=1S/C15H18N2O3S/c1-18-12-6-10(7-13(19-2)14(12)20-3)16-15-17-11(8-21-15)9-4-5-9/h6-9H,4-5H2,1-3H3,(H,16,17). The summed E-state index contributed by atoms with van der Waals surface area (Å²) in [7, 11) is 4.81. The number of benzene rings is 1. The monoisotopic (exact) mass is 306 g/mol. The summed E-state index contributed by atoms with van der Waals surface area (Å²) in [5.74, 6) is 2.50. The molecule has 0 saturated heterocycles. The number of nitrogens with zero attached hydrogens (tertiary/aromatic N) is 1. The van der Waals surface area contributed by atoms with Gasteiger partial charge in [-0.1, -0.05) is 0 Å². The van der Waals surface area contributed by atoms with Gasteiger partial charge in [-0.2, -0.15) is 0 Å². The number of nitrogens with one attached hydrogen (secondary N) is 1. The molecule has 1 saturated carbocycles. The van der Waals surface area contributed by atoms with E-state index in [2.05, 4.69) is 15.7 Å². The van der Waals surface area contributed by atoms with E-state index in [-0.39, 0.29) is 0 Å². The Morgan fingerprint density at radius 2 is 1.76 bits per heavy atom. The summed E-state index contributed by atoms with van der Waals surface area (Å²) in [6.45, 7) is 0. The molecule has 0 bridgehead atoms. The molecule has 0 unspecified atom stereocenters. The van der Waals surface area contributed by atoms with Crippen molar-refractivity contribution in [1.82, 2.24) is 4.98 Å². The van der Waals surface area contributed by atoms with E-state index in [1.54, 1.807) is 32.7 Å². The maximum atomic E-state index is 5.35. The molecule has 1 aromatic carbocycles. The molecule has 1 fully saturated rings. The van der Waals surface area contributed by atoms with Gasteiger partial charge in [-0.3, -0.25) is 0 Å². The van der Waals surface area contributed by atoms with Gasteiger partial charge in [0.1, 0.15) is 0 Å². The number of thiazole rings is 1. The van der Waals surface area contributed by atoms with Gasteiger partial charge in [0.2, 0.25) is 5.75 Å². The Labute approximate surface area is 127 Å². The molecule has 1 aromatic heterocycles. The summed E-state index contributed by atoms with van der Waals surface area (Å²) in [6.07, 6.45) is 2.51. The molecule has 0 amide bonds. The SMILES string of the molecule is COc1cc(Nc2nc(C3CC3)cs2)cc(OC)c1OC. The summed E-state index contributed by atoms with van der Waals surface area (Å²) >= 11 is 1.61. The largest absolute Gasteiger partial charge is 0.493 e. The Morgan fingerprint density at radius 1 is 1.10 bits per heavy atom. The Balaban J connectivity index is 1.86. The second-order valence-electron chi connectivity index (χ2n) is 4.89. The van der Waals surface area contributed by atoms with Crippen molar-refractivity contribution in [2.75, 3.05) is 26.6 Å². The van der Waals surface area contributed by atoms with Gasteiger partial charge < -0.3 is 19.5 Å². The second-order valence-corrected chi connectivity index (χ2v) is 5.75. The molecule has 112 valence electrons. The number of hydrogen-bond acceptors (Lipinski definition) is 6. The number of aromatic nitrogens is 1. The zero-order chi connectivity index (χ0) is 14.8. The topological polar surface area (TPSA) is 52.6 Å². The van der Waals surface area contributed by atoms with Crippen LogP contribution >= 0.6 is 11.3 Å². The molecule has 21 heavy (non-hydrogen) atoms. The minimum atomic E-state index is 0.586. The molecular formula is C15H18N2O3S. The van der Waals surface area contributed by atoms with E-state index in [4.69, 9.17) is 14.2 Å². The highest BCUT2D eigenvalue weighted by atomic mass is 32.1. The van der Waals surface area contributed by atoms with E-state index in [1.807, 2.05) is 12.1 Å². The molecule has 1 aliphatic carbocycles. The first-order valence-corrected chi connectivity index (χ1v) is 7.65. The summed E-state index contributed by atoms with van der Waals surface area (Å²) in [5.41, 5.74) is 2.05. The molecule has 0 spiro atoms. The van der Waals surface area contributed by atoms with E-state index in [9.17, 15) is 0 Å². The lowest BCUT2D eigenvalue weighted by atomic mass is 10.2. The molecule has 2 aromatic rings. The highest BCUT2D eigenvalue weighted by Gasteiger charge is 2.26. The van der Waals surface area contributed by atoms with Crippen LogP contribution in [0.5, 0.6) is 17.2 Å². The molecular weight excluding hydrogens is 288 g/mol. The minimum Gasteiger partial charge on any atom is -0.493 e. The van der Waals surface area contributed by atoms with Gasteiger partial charge in [0.05, 0.1) is 27.0 Å². The summed E-state index contributed by atoms with van der Waals surface area (Å²) < 4.78 is 16.0. The number of anilines is 2. The van der Waals surface area contributed by atoms with Crippen molar-refractivity contribution in [2.45, 2.75) is 18.8 Å². The third kappa shape index (κ3) is 2.90. The van der Waals surface area contributed by atoms with Gasteiger partial charge in [-0.05, 0) is 12.8 Å². The van der Waals surface area contributed by atoms with Crippen LogP contribution in [0.2, 0.25) is 0 Å². The van der Waals surface area contributed by atoms with Crippen LogP contribution in [0.25, 0.3) is 0 Å². The molecule has 0 aliphatic heterocycles. The van der Waals surface area contributed by atoms with Crippen LogP contribution in [-0.2, 0) is 0 Å². The van der Waals surface area contributed by atoms with Gasteiger partial charge in [0, 0.05) is 29.1 Å². The Kier molecular flexibility index (Phi) is 3.88. The van der Waals surface area contributed by atoms with Crippen LogP contribution in [0, 0.1) is 0 Å². The van der Waals surface area contributed by atoms with Gasteiger partial charge >= 0.3 is 0 Å². The van der Waals surface area contributed by atoms with Crippen molar-refractivity contribution in [2.24, 2.45) is 0 Å². The first-order chi connectivity index (χ1) is 10.2. The molecule has 0 radical (unpaired) electrons. The van der Waals surface area contributed by atoms with Crippen molar-refractivity contribution in [1.29, 1.82) is 0 Å².